The maximum Gasteiger partial charge on any atom is 0.513 e. The monoisotopic (exact) mass is 445 g/mol. The summed E-state index contributed by atoms with van der Waals surface area (Å²) in [6, 6.07) is 13.8. The molecule has 0 spiro atoms. The fourth-order valence-corrected chi connectivity index (χ4v) is 4.74. The molecular weight excluding hydrogens is 413 g/mol. The Morgan fingerprint density at radius 2 is 1.58 bits per heavy atom. The van der Waals surface area contributed by atoms with Crippen LogP contribution in [0.25, 0.3) is 0 Å². The second-order valence-electron chi connectivity index (χ2n) is 8.22. The molecule has 0 aromatic heterocycles. The fourth-order valence-electron chi connectivity index (χ4n) is 3.22. The first kappa shape index (κ1) is 23.4. The molecule has 0 bridgehead atoms. The van der Waals surface area contributed by atoms with Crippen molar-refractivity contribution in [3.05, 3.63) is 59.7 Å². The summed E-state index contributed by atoms with van der Waals surface area (Å²) in [4.78, 5) is 12.5. The number of esters is 1. The second kappa shape index (κ2) is 10.3. The summed E-state index contributed by atoms with van der Waals surface area (Å²) < 4.78 is 30.6. The van der Waals surface area contributed by atoms with Crippen LogP contribution in [0.4, 0.5) is 0 Å². The molecule has 6 nitrogen and oxygen atoms in total. The highest BCUT2D eigenvalue weighted by molar-refractivity contribution is 7.52. The van der Waals surface area contributed by atoms with Gasteiger partial charge in [-0.2, -0.15) is 5.09 Å². The van der Waals surface area contributed by atoms with Crippen molar-refractivity contribution in [3.63, 3.8) is 0 Å². The molecule has 1 aliphatic carbocycles. The number of nitrogens with one attached hydrogen (secondary N) is 1. The first-order valence-corrected chi connectivity index (χ1v) is 12.5. The smallest absolute Gasteiger partial charge is 0.462 e. The molecule has 1 fully saturated rings. The van der Waals surface area contributed by atoms with Crippen LogP contribution in [0.15, 0.2) is 48.5 Å². The number of carbonyl (C=O) groups excluding carboxylic acids is 1. The third kappa shape index (κ3) is 7.12. The third-order valence-corrected chi connectivity index (χ3v) is 6.72. The molecule has 1 aliphatic rings. The number of aryl methyl sites for hydroxylation is 1. The molecule has 2 aromatic rings. The summed E-state index contributed by atoms with van der Waals surface area (Å²) in [5.41, 5.74) is 2.30. The van der Waals surface area contributed by atoms with Crippen molar-refractivity contribution in [1.82, 2.24) is 5.09 Å². The highest BCUT2D eigenvalue weighted by Crippen LogP contribution is 2.46. The van der Waals surface area contributed by atoms with E-state index >= 15 is 0 Å². The minimum Gasteiger partial charge on any atom is -0.462 e. The van der Waals surface area contributed by atoms with Crippen LogP contribution in [0.2, 0.25) is 0 Å². The van der Waals surface area contributed by atoms with Gasteiger partial charge in [0.15, 0.2) is 0 Å². The van der Waals surface area contributed by atoms with Gasteiger partial charge in [0.05, 0.1) is 6.10 Å². The second-order valence-corrected chi connectivity index (χ2v) is 9.84. The van der Waals surface area contributed by atoms with E-state index < -0.39 is 19.8 Å². The molecule has 3 atom stereocenters. The van der Waals surface area contributed by atoms with E-state index in [4.69, 9.17) is 13.8 Å². The molecule has 2 aromatic carbocycles. The Balaban J connectivity index is 1.74. The lowest BCUT2D eigenvalue weighted by Crippen LogP contribution is -2.37. The van der Waals surface area contributed by atoms with Crippen molar-refractivity contribution in [2.75, 3.05) is 0 Å². The molecular formula is C24H32NO5P. The first-order valence-electron chi connectivity index (χ1n) is 10.9. The van der Waals surface area contributed by atoms with Crippen LogP contribution in [0, 0.1) is 6.92 Å². The van der Waals surface area contributed by atoms with Crippen LogP contribution in [-0.4, -0.2) is 18.1 Å². The molecule has 31 heavy (non-hydrogen) atoms. The highest BCUT2D eigenvalue weighted by Gasteiger charge is 2.34. The van der Waals surface area contributed by atoms with Gasteiger partial charge in [0.2, 0.25) is 0 Å². The van der Waals surface area contributed by atoms with Gasteiger partial charge >= 0.3 is 13.7 Å². The van der Waals surface area contributed by atoms with Crippen molar-refractivity contribution >= 4 is 13.7 Å². The number of ether oxygens (including phenoxy) is 1. The maximum atomic E-state index is 13.6. The predicted molar refractivity (Wildman–Crippen MR) is 122 cm³/mol. The Morgan fingerprint density at radius 1 is 1.03 bits per heavy atom. The topological polar surface area (TPSA) is 73.9 Å². The Kier molecular flexibility index (Phi) is 7.79. The van der Waals surface area contributed by atoms with Gasteiger partial charge in [-0.05, 0) is 75.8 Å². The van der Waals surface area contributed by atoms with Gasteiger partial charge in [-0.25, -0.2) is 4.57 Å². The van der Waals surface area contributed by atoms with Crippen LogP contribution in [-0.2, 0) is 14.1 Å². The molecule has 0 amide bonds. The van der Waals surface area contributed by atoms with Gasteiger partial charge in [-0.15, -0.1) is 0 Å². The molecule has 1 saturated carbocycles. The van der Waals surface area contributed by atoms with Gasteiger partial charge < -0.3 is 13.8 Å². The van der Waals surface area contributed by atoms with Gasteiger partial charge in [-0.3, -0.25) is 4.79 Å². The largest absolute Gasteiger partial charge is 0.513 e. The Labute approximate surface area is 184 Å². The number of rotatable bonds is 11. The van der Waals surface area contributed by atoms with Gasteiger partial charge in [-0.1, -0.05) is 43.2 Å². The van der Waals surface area contributed by atoms with Crippen molar-refractivity contribution < 1.29 is 23.1 Å². The highest BCUT2D eigenvalue weighted by atomic mass is 31.2. The van der Waals surface area contributed by atoms with Crippen LogP contribution in [0.5, 0.6) is 11.5 Å². The minimum absolute atomic E-state index is 0.213. The lowest BCUT2D eigenvalue weighted by molar-refractivity contribution is -0.150. The number of hydrogen-bond acceptors (Lipinski definition) is 5. The van der Waals surface area contributed by atoms with E-state index in [1.165, 1.54) is 18.4 Å². The van der Waals surface area contributed by atoms with Gasteiger partial charge in [0.25, 0.3) is 0 Å². The van der Waals surface area contributed by atoms with Crippen molar-refractivity contribution in [2.24, 2.45) is 0 Å². The molecule has 1 N–H and O–H groups in total. The summed E-state index contributed by atoms with van der Waals surface area (Å²) in [5.74, 6) is 0.910. The first-order chi connectivity index (χ1) is 14.8. The Hall–Kier alpha value is -2.30. The predicted octanol–water partition coefficient (Wildman–Crippen LogP) is 6.15. The standard InChI is InChI=1S/C24H32NO5P/c1-5-6-18(3)28-24(26)19(4)25-31(27,29-22-13-7-17(2)8-14-22)30-23-15-11-21(12-16-23)20-9-10-20/h7-8,11-16,18-20H,5-6,9-10H2,1-4H3,(H,25,27)/t18-,19-,31?/m0/s1. The zero-order chi connectivity index (χ0) is 22.4. The molecule has 168 valence electrons. The zero-order valence-corrected chi connectivity index (χ0v) is 19.6. The summed E-state index contributed by atoms with van der Waals surface area (Å²) in [6.07, 6.45) is 3.86. The maximum absolute atomic E-state index is 13.6. The van der Waals surface area contributed by atoms with Crippen LogP contribution >= 0.6 is 7.75 Å². The summed E-state index contributed by atoms with van der Waals surface area (Å²) in [7, 11) is -3.92. The Morgan fingerprint density at radius 3 is 2.10 bits per heavy atom. The molecule has 0 aliphatic heterocycles. The molecule has 3 rings (SSSR count). The van der Waals surface area contributed by atoms with Crippen LogP contribution in [0.1, 0.15) is 63.5 Å². The van der Waals surface area contributed by atoms with E-state index in [2.05, 4.69) is 5.09 Å². The number of carbonyl (C=O) groups is 1. The molecule has 0 radical (unpaired) electrons. The lowest BCUT2D eigenvalue weighted by Gasteiger charge is -2.24. The number of benzene rings is 2. The normalized spacial score (nSPS) is 17.3. The average molecular weight is 445 g/mol. The molecule has 0 saturated heterocycles. The van der Waals surface area contributed by atoms with Crippen LogP contribution in [0.3, 0.4) is 0 Å². The van der Waals surface area contributed by atoms with Crippen molar-refractivity contribution in [3.8, 4) is 11.5 Å². The van der Waals surface area contributed by atoms with E-state index in [9.17, 15) is 9.36 Å². The van der Waals surface area contributed by atoms with E-state index in [1.807, 2.05) is 45.0 Å². The van der Waals surface area contributed by atoms with E-state index in [1.54, 1.807) is 31.2 Å². The third-order valence-electron chi connectivity index (χ3n) is 5.12. The SMILES string of the molecule is CCC[C@H](C)OC(=O)[C@H](C)NP(=O)(Oc1ccc(C)cc1)Oc1ccc(C2CC2)cc1. The van der Waals surface area contributed by atoms with Gasteiger partial charge in [0.1, 0.15) is 17.5 Å². The lowest BCUT2D eigenvalue weighted by atomic mass is 10.1. The number of hydrogen-bond donors (Lipinski definition) is 1. The van der Waals surface area contributed by atoms with Crippen molar-refractivity contribution in [2.45, 2.75) is 71.4 Å². The minimum atomic E-state index is -3.92. The fraction of sp³-hybridized carbons (Fsp3) is 0.458. The van der Waals surface area contributed by atoms with Gasteiger partial charge in [0, 0.05) is 0 Å². The summed E-state index contributed by atoms with van der Waals surface area (Å²) >= 11 is 0. The van der Waals surface area contributed by atoms with E-state index in [-0.39, 0.29) is 6.10 Å². The molecule has 7 heteroatoms. The summed E-state index contributed by atoms with van der Waals surface area (Å²) in [6.45, 7) is 7.41. The Bertz CT molecular complexity index is 909. The van der Waals surface area contributed by atoms with E-state index in [0.717, 1.165) is 18.4 Å². The van der Waals surface area contributed by atoms with Crippen molar-refractivity contribution in [1.29, 1.82) is 0 Å². The average Bonchev–Trinajstić information content (AvgIpc) is 3.55. The van der Waals surface area contributed by atoms with E-state index in [0.29, 0.717) is 17.4 Å². The molecule has 1 unspecified atom stereocenters. The summed E-state index contributed by atoms with van der Waals surface area (Å²) in [5, 5.41) is 2.74. The van der Waals surface area contributed by atoms with Crippen LogP contribution < -0.4 is 14.1 Å². The quantitative estimate of drug-likeness (QED) is 0.330. The molecule has 0 heterocycles. The zero-order valence-electron chi connectivity index (χ0n) is 18.7.